The highest BCUT2D eigenvalue weighted by Gasteiger charge is 2.35. The van der Waals surface area contributed by atoms with Gasteiger partial charge in [-0.1, -0.05) is 19.1 Å². The summed E-state index contributed by atoms with van der Waals surface area (Å²) >= 11 is 1.42. The Morgan fingerprint density at radius 2 is 2.09 bits per heavy atom. The van der Waals surface area contributed by atoms with Crippen LogP contribution < -0.4 is 9.70 Å². The number of carbonyl (C=O) groups is 2. The molecule has 1 aromatic carbocycles. The maximum Gasteiger partial charge on any atom is 0.253 e. The minimum atomic E-state index is -0.365. The first-order valence-electron chi connectivity index (χ1n) is 7.66. The lowest BCUT2D eigenvalue weighted by atomic mass is 10.1. The molecule has 120 valence electrons. The lowest BCUT2D eigenvalue weighted by Gasteiger charge is -2.16. The number of rotatable bonds is 3. The molecule has 1 aliphatic heterocycles. The Kier molecular flexibility index (Phi) is 4.43. The molecule has 0 unspecified atom stereocenters. The van der Waals surface area contributed by atoms with Gasteiger partial charge in [-0.05, 0) is 24.1 Å². The number of nitrogens with zero attached hydrogens (tertiary/aromatic N) is 3. The zero-order chi connectivity index (χ0) is 16.4. The highest BCUT2D eigenvalue weighted by atomic mass is 32.1. The Hall–Kier alpha value is -2.21. The van der Waals surface area contributed by atoms with Crippen LogP contribution in [-0.4, -0.2) is 22.9 Å². The van der Waals surface area contributed by atoms with Crippen molar-refractivity contribution < 1.29 is 9.59 Å². The molecule has 2 heterocycles. The molecule has 1 aromatic heterocycles. The van der Waals surface area contributed by atoms with E-state index >= 15 is 0 Å². The molecule has 1 atom stereocenters. The fourth-order valence-corrected chi connectivity index (χ4v) is 3.39. The molecule has 2 aromatic rings. The molecule has 0 aliphatic carbocycles. The Morgan fingerprint density at radius 1 is 1.35 bits per heavy atom. The van der Waals surface area contributed by atoms with Crippen LogP contribution in [0.4, 0.5) is 5.69 Å². The molecule has 0 saturated carbocycles. The van der Waals surface area contributed by atoms with Crippen LogP contribution >= 0.6 is 11.3 Å². The molecule has 1 saturated heterocycles. The normalized spacial score (nSPS) is 18.7. The molecule has 1 fully saturated rings. The predicted molar refractivity (Wildman–Crippen MR) is 90.1 cm³/mol. The third-order valence-corrected chi connectivity index (χ3v) is 4.94. The molecular weight excluding hydrogens is 310 g/mol. The summed E-state index contributed by atoms with van der Waals surface area (Å²) in [4.78, 5) is 31.1. The van der Waals surface area contributed by atoms with Gasteiger partial charge in [0, 0.05) is 37.3 Å². The molecule has 2 amide bonds. The van der Waals surface area contributed by atoms with E-state index < -0.39 is 0 Å². The first kappa shape index (κ1) is 15.7. The standard InChI is InChI=1S/C17H19N3O2S/c1-3-12-4-6-14(7-5-12)20-11-13(10-15(20)21)16(22)18-17-19(2)8-9-23-17/h4-9,13H,3,10-11H2,1-2H3/t13-/m0/s1. The number of amides is 2. The second-order valence-electron chi connectivity index (χ2n) is 5.67. The summed E-state index contributed by atoms with van der Waals surface area (Å²) in [5.41, 5.74) is 2.08. The number of hydrogen-bond donors (Lipinski definition) is 0. The monoisotopic (exact) mass is 329 g/mol. The fraction of sp³-hybridized carbons (Fsp3) is 0.353. The second-order valence-corrected chi connectivity index (χ2v) is 6.54. The van der Waals surface area contributed by atoms with Gasteiger partial charge in [0.25, 0.3) is 5.91 Å². The molecule has 23 heavy (non-hydrogen) atoms. The molecule has 6 heteroatoms. The summed E-state index contributed by atoms with van der Waals surface area (Å²) in [7, 11) is 1.85. The summed E-state index contributed by atoms with van der Waals surface area (Å²) in [6.07, 6.45) is 3.05. The number of carbonyl (C=O) groups excluding carboxylic acids is 2. The lowest BCUT2D eigenvalue weighted by Crippen LogP contribution is -2.26. The molecule has 1 aliphatic rings. The fourth-order valence-electron chi connectivity index (χ4n) is 2.65. The minimum absolute atomic E-state index is 0.0154. The number of benzene rings is 1. The first-order valence-corrected chi connectivity index (χ1v) is 8.54. The van der Waals surface area contributed by atoms with Gasteiger partial charge in [-0.25, -0.2) is 0 Å². The maximum atomic E-state index is 12.3. The van der Waals surface area contributed by atoms with Crippen molar-refractivity contribution in [2.45, 2.75) is 19.8 Å². The number of thiazole rings is 1. The van der Waals surface area contributed by atoms with Crippen LogP contribution in [0.5, 0.6) is 0 Å². The third kappa shape index (κ3) is 3.27. The van der Waals surface area contributed by atoms with E-state index in [0.29, 0.717) is 11.3 Å². The van der Waals surface area contributed by atoms with Crippen LogP contribution in [0.15, 0.2) is 40.8 Å². The van der Waals surface area contributed by atoms with Gasteiger partial charge >= 0.3 is 0 Å². The topological polar surface area (TPSA) is 54.7 Å². The minimum Gasteiger partial charge on any atom is -0.327 e. The van der Waals surface area contributed by atoms with Crippen LogP contribution in [-0.2, 0) is 23.1 Å². The predicted octanol–water partition coefficient (Wildman–Crippen LogP) is 2.13. The Balaban J connectivity index is 1.76. The molecule has 5 nitrogen and oxygen atoms in total. The van der Waals surface area contributed by atoms with Gasteiger partial charge in [-0.2, -0.15) is 4.99 Å². The third-order valence-electron chi connectivity index (χ3n) is 4.10. The number of hydrogen-bond acceptors (Lipinski definition) is 3. The van der Waals surface area contributed by atoms with E-state index in [1.165, 1.54) is 16.9 Å². The number of anilines is 1. The summed E-state index contributed by atoms with van der Waals surface area (Å²) in [6.45, 7) is 2.50. The zero-order valence-corrected chi connectivity index (χ0v) is 14.0. The molecule has 0 N–H and O–H groups in total. The highest BCUT2D eigenvalue weighted by Crippen LogP contribution is 2.26. The molecule has 0 spiro atoms. The Bertz CT molecular complexity index is 789. The van der Waals surface area contributed by atoms with Crippen LogP contribution in [0, 0.1) is 5.92 Å². The van der Waals surface area contributed by atoms with Gasteiger partial charge in [0.2, 0.25) is 5.91 Å². The molecule has 0 bridgehead atoms. The zero-order valence-electron chi connectivity index (χ0n) is 13.2. The van der Waals surface area contributed by atoms with Crippen molar-refractivity contribution in [3.8, 4) is 0 Å². The average molecular weight is 329 g/mol. The Labute approximate surface area is 138 Å². The van der Waals surface area contributed by atoms with Gasteiger partial charge in [-0.3, -0.25) is 9.59 Å². The SMILES string of the molecule is CCc1ccc(N2C[C@@H](C(=O)N=c3sccn3C)CC2=O)cc1. The second kappa shape index (κ2) is 6.50. The maximum absolute atomic E-state index is 12.3. The van der Waals surface area contributed by atoms with Crippen molar-refractivity contribution in [1.82, 2.24) is 4.57 Å². The van der Waals surface area contributed by atoms with Crippen LogP contribution in [0.3, 0.4) is 0 Å². The number of aromatic nitrogens is 1. The molecular formula is C17H19N3O2S. The van der Waals surface area contributed by atoms with Crippen LogP contribution in [0.2, 0.25) is 0 Å². The van der Waals surface area contributed by atoms with Gasteiger partial charge < -0.3 is 9.47 Å². The highest BCUT2D eigenvalue weighted by molar-refractivity contribution is 7.07. The van der Waals surface area contributed by atoms with Crippen LogP contribution in [0.25, 0.3) is 0 Å². The van der Waals surface area contributed by atoms with Gasteiger partial charge in [0.05, 0.1) is 5.92 Å². The smallest absolute Gasteiger partial charge is 0.253 e. The van der Waals surface area contributed by atoms with Crippen molar-refractivity contribution in [3.63, 3.8) is 0 Å². The van der Waals surface area contributed by atoms with Crippen LogP contribution in [0.1, 0.15) is 18.9 Å². The van der Waals surface area contributed by atoms with E-state index in [1.807, 2.05) is 42.9 Å². The van der Waals surface area contributed by atoms with E-state index in [4.69, 9.17) is 0 Å². The van der Waals surface area contributed by atoms with Gasteiger partial charge in [0.15, 0.2) is 4.80 Å². The van der Waals surface area contributed by atoms with Crippen molar-refractivity contribution in [2.24, 2.45) is 18.0 Å². The first-order chi connectivity index (χ1) is 11.1. The van der Waals surface area contributed by atoms with E-state index in [1.54, 1.807) is 9.47 Å². The molecule has 3 rings (SSSR count). The number of aryl methyl sites for hydroxylation is 2. The summed E-state index contributed by atoms with van der Waals surface area (Å²) in [6, 6.07) is 7.93. The largest absolute Gasteiger partial charge is 0.327 e. The average Bonchev–Trinajstić information content (AvgIpc) is 3.14. The van der Waals surface area contributed by atoms with E-state index in [-0.39, 0.29) is 24.2 Å². The summed E-state index contributed by atoms with van der Waals surface area (Å²) in [5, 5.41) is 1.88. The van der Waals surface area contributed by atoms with Gasteiger partial charge in [-0.15, -0.1) is 11.3 Å². The van der Waals surface area contributed by atoms with Crippen molar-refractivity contribution in [2.75, 3.05) is 11.4 Å². The quantitative estimate of drug-likeness (QED) is 0.866. The van der Waals surface area contributed by atoms with E-state index in [2.05, 4.69) is 11.9 Å². The van der Waals surface area contributed by atoms with Crippen molar-refractivity contribution >= 4 is 28.8 Å². The van der Waals surface area contributed by atoms with Crippen molar-refractivity contribution in [3.05, 3.63) is 46.2 Å². The summed E-state index contributed by atoms with van der Waals surface area (Å²) < 4.78 is 1.81. The van der Waals surface area contributed by atoms with Gasteiger partial charge in [0.1, 0.15) is 0 Å². The summed E-state index contributed by atoms with van der Waals surface area (Å²) in [5.74, 6) is -0.599. The van der Waals surface area contributed by atoms with E-state index in [0.717, 1.165) is 12.1 Å². The Morgan fingerprint density at radius 3 is 2.70 bits per heavy atom. The van der Waals surface area contributed by atoms with E-state index in [9.17, 15) is 9.59 Å². The lowest BCUT2D eigenvalue weighted by molar-refractivity contribution is -0.123. The van der Waals surface area contributed by atoms with Crippen molar-refractivity contribution in [1.29, 1.82) is 0 Å². The molecule has 0 radical (unpaired) electrons.